The second-order valence-electron chi connectivity index (χ2n) is 4.04. The van der Waals surface area contributed by atoms with Crippen molar-refractivity contribution < 1.29 is 4.74 Å². The largest absolute Gasteiger partial charge is 0.380 e. The molecular formula is C14H17N3O. The third kappa shape index (κ3) is 3.28. The van der Waals surface area contributed by atoms with Gasteiger partial charge in [0.2, 0.25) is 0 Å². The molecule has 18 heavy (non-hydrogen) atoms. The first kappa shape index (κ1) is 12.5. The quantitative estimate of drug-likeness (QED) is 0.876. The molecule has 0 aliphatic heterocycles. The Morgan fingerprint density at radius 3 is 2.83 bits per heavy atom. The lowest BCUT2D eigenvalue weighted by Gasteiger charge is -2.11. The van der Waals surface area contributed by atoms with Crippen LogP contribution in [-0.4, -0.2) is 17.1 Å². The minimum absolute atomic E-state index is 0.603. The fourth-order valence-electron chi connectivity index (χ4n) is 1.76. The number of methoxy groups -OCH3 is 1. The van der Waals surface area contributed by atoms with Gasteiger partial charge in [0, 0.05) is 24.6 Å². The molecule has 1 aromatic carbocycles. The zero-order chi connectivity index (χ0) is 12.8. The molecule has 0 radical (unpaired) electrons. The van der Waals surface area contributed by atoms with Crippen molar-refractivity contribution in [3.63, 3.8) is 0 Å². The average Bonchev–Trinajstić information content (AvgIpc) is 2.38. The van der Waals surface area contributed by atoms with Crippen molar-refractivity contribution in [2.45, 2.75) is 20.1 Å². The van der Waals surface area contributed by atoms with E-state index in [2.05, 4.69) is 21.4 Å². The first-order valence-corrected chi connectivity index (χ1v) is 5.89. The van der Waals surface area contributed by atoms with E-state index in [0.717, 1.165) is 22.8 Å². The summed E-state index contributed by atoms with van der Waals surface area (Å²) in [5, 5.41) is 3.37. The van der Waals surface area contributed by atoms with Gasteiger partial charge in [0.05, 0.1) is 18.8 Å². The molecule has 0 aliphatic rings. The first-order chi connectivity index (χ1) is 8.79. The van der Waals surface area contributed by atoms with Crippen LogP contribution >= 0.6 is 0 Å². The Morgan fingerprint density at radius 1 is 1.22 bits per heavy atom. The fraction of sp³-hybridized carbons (Fsp3) is 0.286. The van der Waals surface area contributed by atoms with Crippen molar-refractivity contribution in [3.05, 3.63) is 53.6 Å². The number of hydrogen-bond acceptors (Lipinski definition) is 4. The van der Waals surface area contributed by atoms with Crippen LogP contribution in [0.25, 0.3) is 0 Å². The van der Waals surface area contributed by atoms with Gasteiger partial charge < -0.3 is 10.1 Å². The molecule has 2 rings (SSSR count). The van der Waals surface area contributed by atoms with Gasteiger partial charge in [0.1, 0.15) is 5.82 Å². The van der Waals surface area contributed by atoms with E-state index in [1.165, 1.54) is 0 Å². The topological polar surface area (TPSA) is 47.0 Å². The number of para-hydroxylation sites is 1. The van der Waals surface area contributed by atoms with Crippen molar-refractivity contribution in [2.75, 3.05) is 12.4 Å². The maximum Gasteiger partial charge on any atom is 0.125 e. The van der Waals surface area contributed by atoms with E-state index in [9.17, 15) is 0 Å². The SMILES string of the molecule is COCc1ccccc1NCc1ccnc(C)n1. The predicted octanol–water partition coefficient (Wildman–Crippen LogP) is 2.54. The monoisotopic (exact) mass is 243 g/mol. The van der Waals surface area contributed by atoms with Gasteiger partial charge in [0.25, 0.3) is 0 Å². The molecule has 4 heteroatoms. The number of anilines is 1. The summed E-state index contributed by atoms with van der Waals surface area (Å²) in [7, 11) is 1.70. The first-order valence-electron chi connectivity index (χ1n) is 5.89. The van der Waals surface area contributed by atoms with Crippen LogP contribution in [0.15, 0.2) is 36.5 Å². The minimum atomic E-state index is 0.603. The number of ether oxygens (including phenoxy) is 1. The van der Waals surface area contributed by atoms with E-state index in [-0.39, 0.29) is 0 Å². The molecule has 94 valence electrons. The Morgan fingerprint density at radius 2 is 2.06 bits per heavy atom. The lowest BCUT2D eigenvalue weighted by atomic mass is 10.2. The molecule has 1 heterocycles. The molecule has 4 nitrogen and oxygen atoms in total. The molecule has 0 bridgehead atoms. The minimum Gasteiger partial charge on any atom is -0.380 e. The van der Waals surface area contributed by atoms with Crippen molar-refractivity contribution in [3.8, 4) is 0 Å². The van der Waals surface area contributed by atoms with Gasteiger partial charge in [-0.25, -0.2) is 9.97 Å². The Bertz CT molecular complexity index is 514. The normalized spacial score (nSPS) is 10.3. The van der Waals surface area contributed by atoms with Gasteiger partial charge in [-0.1, -0.05) is 18.2 Å². The second kappa shape index (κ2) is 6.12. The summed E-state index contributed by atoms with van der Waals surface area (Å²) in [6.07, 6.45) is 1.78. The zero-order valence-electron chi connectivity index (χ0n) is 10.7. The van der Waals surface area contributed by atoms with Gasteiger partial charge in [-0.2, -0.15) is 0 Å². The summed E-state index contributed by atoms with van der Waals surface area (Å²) in [6.45, 7) is 3.18. The summed E-state index contributed by atoms with van der Waals surface area (Å²) in [5.74, 6) is 0.791. The summed E-state index contributed by atoms with van der Waals surface area (Å²) < 4.78 is 5.17. The third-order valence-electron chi connectivity index (χ3n) is 2.61. The highest BCUT2D eigenvalue weighted by Crippen LogP contribution is 2.16. The highest BCUT2D eigenvalue weighted by molar-refractivity contribution is 5.50. The Balaban J connectivity index is 2.06. The van der Waals surface area contributed by atoms with E-state index in [1.54, 1.807) is 13.3 Å². The maximum absolute atomic E-state index is 5.17. The van der Waals surface area contributed by atoms with Crippen LogP contribution in [0.1, 0.15) is 17.1 Å². The van der Waals surface area contributed by atoms with Crippen molar-refractivity contribution in [2.24, 2.45) is 0 Å². The van der Waals surface area contributed by atoms with E-state index >= 15 is 0 Å². The standard InChI is InChI=1S/C14H17N3O/c1-11-15-8-7-13(17-11)9-16-14-6-4-3-5-12(14)10-18-2/h3-8,16H,9-10H2,1-2H3. The van der Waals surface area contributed by atoms with Gasteiger partial charge in [0.15, 0.2) is 0 Å². The molecule has 0 unspecified atom stereocenters. The molecule has 0 amide bonds. The highest BCUT2D eigenvalue weighted by Gasteiger charge is 2.01. The Labute approximate surface area is 107 Å². The number of benzene rings is 1. The average molecular weight is 243 g/mol. The molecule has 2 aromatic rings. The zero-order valence-corrected chi connectivity index (χ0v) is 10.7. The Kier molecular flexibility index (Phi) is 4.25. The number of nitrogens with zero attached hydrogens (tertiary/aromatic N) is 2. The molecule has 0 saturated carbocycles. The van der Waals surface area contributed by atoms with Gasteiger partial charge in [-0.05, 0) is 19.1 Å². The van der Waals surface area contributed by atoms with Crippen LogP contribution in [0.2, 0.25) is 0 Å². The summed E-state index contributed by atoms with van der Waals surface area (Å²) in [4.78, 5) is 8.44. The van der Waals surface area contributed by atoms with Crippen LogP contribution in [0.3, 0.4) is 0 Å². The van der Waals surface area contributed by atoms with E-state index in [1.807, 2.05) is 31.2 Å². The second-order valence-corrected chi connectivity index (χ2v) is 4.04. The van der Waals surface area contributed by atoms with Crippen LogP contribution < -0.4 is 5.32 Å². The molecule has 0 atom stereocenters. The highest BCUT2D eigenvalue weighted by atomic mass is 16.5. The number of hydrogen-bond donors (Lipinski definition) is 1. The van der Waals surface area contributed by atoms with Gasteiger partial charge in [-0.15, -0.1) is 0 Å². The lowest BCUT2D eigenvalue weighted by molar-refractivity contribution is 0.185. The van der Waals surface area contributed by atoms with Gasteiger partial charge in [-0.3, -0.25) is 0 Å². The smallest absolute Gasteiger partial charge is 0.125 e. The number of aromatic nitrogens is 2. The molecule has 0 fully saturated rings. The predicted molar refractivity (Wildman–Crippen MR) is 71.3 cm³/mol. The van der Waals surface area contributed by atoms with Crippen LogP contribution in [0.4, 0.5) is 5.69 Å². The van der Waals surface area contributed by atoms with E-state index in [0.29, 0.717) is 13.2 Å². The maximum atomic E-state index is 5.17. The fourth-order valence-corrected chi connectivity index (χ4v) is 1.76. The van der Waals surface area contributed by atoms with Crippen LogP contribution in [0, 0.1) is 6.92 Å². The van der Waals surface area contributed by atoms with E-state index < -0.39 is 0 Å². The number of rotatable bonds is 5. The lowest BCUT2D eigenvalue weighted by Crippen LogP contribution is -2.05. The third-order valence-corrected chi connectivity index (χ3v) is 2.61. The molecular weight excluding hydrogens is 226 g/mol. The Hall–Kier alpha value is -1.94. The van der Waals surface area contributed by atoms with Crippen molar-refractivity contribution in [1.82, 2.24) is 9.97 Å². The molecule has 0 aliphatic carbocycles. The summed E-state index contributed by atoms with van der Waals surface area (Å²) in [5.41, 5.74) is 3.20. The summed E-state index contributed by atoms with van der Waals surface area (Å²) in [6, 6.07) is 10.0. The van der Waals surface area contributed by atoms with Gasteiger partial charge >= 0.3 is 0 Å². The molecule has 0 saturated heterocycles. The van der Waals surface area contributed by atoms with Crippen molar-refractivity contribution >= 4 is 5.69 Å². The number of aryl methyl sites for hydroxylation is 1. The van der Waals surface area contributed by atoms with Crippen LogP contribution in [0.5, 0.6) is 0 Å². The number of nitrogens with one attached hydrogen (secondary N) is 1. The summed E-state index contributed by atoms with van der Waals surface area (Å²) >= 11 is 0. The van der Waals surface area contributed by atoms with Crippen molar-refractivity contribution in [1.29, 1.82) is 0 Å². The van der Waals surface area contributed by atoms with E-state index in [4.69, 9.17) is 4.74 Å². The van der Waals surface area contributed by atoms with Crippen LogP contribution in [-0.2, 0) is 17.9 Å². The molecule has 0 spiro atoms. The molecule has 1 N–H and O–H groups in total. The molecule has 1 aromatic heterocycles.